The van der Waals surface area contributed by atoms with Crippen LogP contribution in [-0.4, -0.2) is 40.8 Å². The average molecular weight is 335 g/mol. The fraction of sp³-hybridized carbons (Fsp3) is 0.462. The minimum Gasteiger partial charge on any atom is -0.495 e. The number of hydrogen-bond acceptors (Lipinski definition) is 6. The van der Waals surface area contributed by atoms with E-state index in [1.807, 2.05) is 0 Å². The highest BCUT2D eigenvalue weighted by Gasteiger charge is 2.23. The van der Waals surface area contributed by atoms with E-state index in [4.69, 9.17) is 24.9 Å². The molecule has 0 amide bonds. The molecule has 6 nitrogen and oxygen atoms in total. The fourth-order valence-electron chi connectivity index (χ4n) is 2.01. The highest BCUT2D eigenvalue weighted by Crippen LogP contribution is 2.28. The Morgan fingerprint density at radius 1 is 1.33 bits per heavy atom. The first kappa shape index (κ1) is 16.1. The molecule has 0 radical (unpaired) electrons. The van der Waals surface area contributed by atoms with Crippen LogP contribution in [0, 0.1) is 0 Å². The third kappa shape index (κ3) is 4.09. The Hall–Kier alpha value is -1.31. The number of carbonyl (C=O) groups is 1. The number of ether oxygens (including phenoxy) is 3. The van der Waals surface area contributed by atoms with E-state index in [1.165, 1.54) is 19.2 Å². The van der Waals surface area contributed by atoms with Gasteiger partial charge in [0.25, 0.3) is 9.05 Å². The summed E-state index contributed by atoms with van der Waals surface area (Å²) >= 11 is 0. The number of methoxy groups -OCH3 is 1. The molecular weight excluding hydrogens is 320 g/mol. The lowest BCUT2D eigenvalue weighted by atomic mass is 10.1. The Balaban J connectivity index is 2.21. The van der Waals surface area contributed by atoms with Gasteiger partial charge in [-0.2, -0.15) is 0 Å². The molecule has 0 aliphatic carbocycles. The number of esters is 1. The van der Waals surface area contributed by atoms with Gasteiger partial charge >= 0.3 is 5.97 Å². The molecule has 1 aromatic carbocycles. The van der Waals surface area contributed by atoms with Crippen molar-refractivity contribution in [3.8, 4) is 5.75 Å². The highest BCUT2D eigenvalue weighted by atomic mass is 35.7. The van der Waals surface area contributed by atoms with Gasteiger partial charge in [-0.25, -0.2) is 13.2 Å². The van der Waals surface area contributed by atoms with Crippen molar-refractivity contribution in [3.63, 3.8) is 0 Å². The number of carbonyl (C=O) groups excluding carboxylic acids is 1. The number of hydrogen-bond donors (Lipinski definition) is 0. The molecule has 1 saturated heterocycles. The summed E-state index contributed by atoms with van der Waals surface area (Å²) in [4.78, 5) is 11.8. The lowest BCUT2D eigenvalue weighted by Crippen LogP contribution is -2.26. The van der Waals surface area contributed by atoms with E-state index in [2.05, 4.69) is 0 Å². The van der Waals surface area contributed by atoms with Crippen molar-refractivity contribution in [1.29, 1.82) is 0 Å². The molecule has 0 bridgehead atoms. The van der Waals surface area contributed by atoms with Crippen LogP contribution < -0.4 is 4.74 Å². The summed E-state index contributed by atoms with van der Waals surface area (Å²) in [5.41, 5.74) is 0.113. The minimum atomic E-state index is -4.02. The van der Waals surface area contributed by atoms with Crippen molar-refractivity contribution in [1.82, 2.24) is 0 Å². The molecule has 0 atom stereocenters. The van der Waals surface area contributed by atoms with Gasteiger partial charge in [-0.1, -0.05) is 0 Å². The molecule has 1 heterocycles. The molecule has 1 aromatic rings. The third-order valence-electron chi connectivity index (χ3n) is 3.10. The first-order chi connectivity index (χ1) is 9.91. The van der Waals surface area contributed by atoms with E-state index in [-0.39, 0.29) is 22.3 Å². The maximum atomic E-state index is 12.0. The number of halogens is 1. The minimum absolute atomic E-state index is 0.0765. The Morgan fingerprint density at radius 3 is 2.57 bits per heavy atom. The van der Waals surface area contributed by atoms with Gasteiger partial charge in [0.1, 0.15) is 16.7 Å². The van der Waals surface area contributed by atoms with Crippen LogP contribution in [0.2, 0.25) is 0 Å². The van der Waals surface area contributed by atoms with Crippen LogP contribution in [0.25, 0.3) is 0 Å². The summed E-state index contributed by atoms with van der Waals surface area (Å²) in [5.74, 6) is -0.515. The van der Waals surface area contributed by atoms with Crippen LogP contribution in [-0.2, 0) is 18.5 Å². The van der Waals surface area contributed by atoms with Gasteiger partial charge < -0.3 is 14.2 Å². The molecule has 0 N–H and O–H groups in total. The zero-order valence-electron chi connectivity index (χ0n) is 11.4. The van der Waals surface area contributed by atoms with Gasteiger partial charge in [-0.15, -0.1) is 0 Å². The van der Waals surface area contributed by atoms with Crippen LogP contribution in [0.15, 0.2) is 23.1 Å². The van der Waals surface area contributed by atoms with Crippen LogP contribution >= 0.6 is 10.7 Å². The molecule has 1 fully saturated rings. The molecule has 0 unspecified atom stereocenters. The van der Waals surface area contributed by atoms with Gasteiger partial charge in [0.15, 0.2) is 0 Å². The summed E-state index contributed by atoms with van der Waals surface area (Å²) in [7, 11) is 2.64. The van der Waals surface area contributed by atoms with Gasteiger partial charge in [0.2, 0.25) is 0 Å². The lowest BCUT2D eigenvalue weighted by Gasteiger charge is -2.22. The maximum absolute atomic E-state index is 12.0. The molecule has 8 heteroatoms. The lowest BCUT2D eigenvalue weighted by molar-refractivity contribution is -0.0159. The summed E-state index contributed by atoms with van der Waals surface area (Å²) in [5, 5.41) is 0. The average Bonchev–Trinajstić information content (AvgIpc) is 2.46. The van der Waals surface area contributed by atoms with Crippen molar-refractivity contribution in [3.05, 3.63) is 23.8 Å². The molecule has 21 heavy (non-hydrogen) atoms. The zero-order chi connectivity index (χ0) is 15.5. The first-order valence-electron chi connectivity index (χ1n) is 6.33. The predicted molar refractivity (Wildman–Crippen MR) is 75.3 cm³/mol. The summed E-state index contributed by atoms with van der Waals surface area (Å²) < 4.78 is 38.4. The Morgan fingerprint density at radius 2 is 2.00 bits per heavy atom. The Labute approximate surface area is 127 Å². The summed E-state index contributed by atoms with van der Waals surface area (Å²) in [6, 6.07) is 3.96. The van der Waals surface area contributed by atoms with Crippen LogP contribution in [0.5, 0.6) is 5.75 Å². The second kappa shape index (κ2) is 6.64. The molecule has 116 valence electrons. The monoisotopic (exact) mass is 334 g/mol. The smallest absolute Gasteiger partial charge is 0.338 e. The highest BCUT2D eigenvalue weighted by molar-refractivity contribution is 8.13. The second-order valence-corrected chi connectivity index (χ2v) is 7.05. The predicted octanol–water partition coefficient (Wildman–Crippen LogP) is 1.96. The summed E-state index contributed by atoms with van der Waals surface area (Å²) in [6.45, 7) is 1.09. The SMILES string of the molecule is COc1ccc(C(=O)OC2CCOCC2)cc1S(=O)(=O)Cl. The Kier molecular flexibility index (Phi) is 5.08. The van der Waals surface area contributed by atoms with E-state index in [0.29, 0.717) is 26.1 Å². The van der Waals surface area contributed by atoms with Crippen molar-refractivity contribution < 1.29 is 27.4 Å². The quantitative estimate of drug-likeness (QED) is 0.618. The van der Waals surface area contributed by atoms with Crippen LogP contribution in [0.1, 0.15) is 23.2 Å². The van der Waals surface area contributed by atoms with Crippen molar-refractivity contribution in [2.45, 2.75) is 23.8 Å². The largest absolute Gasteiger partial charge is 0.495 e. The van der Waals surface area contributed by atoms with E-state index in [1.54, 1.807) is 0 Å². The van der Waals surface area contributed by atoms with Gasteiger partial charge in [-0.05, 0) is 18.2 Å². The summed E-state index contributed by atoms with van der Waals surface area (Å²) in [6.07, 6.45) is 1.04. The van der Waals surface area contributed by atoms with Crippen LogP contribution in [0.3, 0.4) is 0 Å². The first-order valence-corrected chi connectivity index (χ1v) is 8.64. The normalized spacial score (nSPS) is 16.5. The fourth-order valence-corrected chi connectivity index (χ4v) is 3.03. The Bertz CT molecular complexity index is 622. The van der Waals surface area contributed by atoms with Crippen molar-refractivity contribution in [2.24, 2.45) is 0 Å². The van der Waals surface area contributed by atoms with Gasteiger partial charge in [0.05, 0.1) is 25.9 Å². The van der Waals surface area contributed by atoms with E-state index in [9.17, 15) is 13.2 Å². The van der Waals surface area contributed by atoms with E-state index >= 15 is 0 Å². The molecule has 0 spiro atoms. The third-order valence-corrected chi connectivity index (χ3v) is 4.45. The molecule has 2 rings (SSSR count). The van der Waals surface area contributed by atoms with Crippen molar-refractivity contribution >= 4 is 25.7 Å². The van der Waals surface area contributed by atoms with Crippen LogP contribution in [0.4, 0.5) is 0 Å². The zero-order valence-corrected chi connectivity index (χ0v) is 12.9. The van der Waals surface area contributed by atoms with Gasteiger partial charge in [-0.3, -0.25) is 0 Å². The van der Waals surface area contributed by atoms with E-state index < -0.39 is 15.0 Å². The van der Waals surface area contributed by atoms with Gasteiger partial charge in [0, 0.05) is 23.5 Å². The molecule has 0 saturated carbocycles. The van der Waals surface area contributed by atoms with Crippen molar-refractivity contribution in [2.75, 3.05) is 20.3 Å². The standard InChI is InChI=1S/C13H15ClO6S/c1-18-11-3-2-9(8-12(11)21(14,16)17)13(15)20-10-4-6-19-7-5-10/h2-3,8,10H,4-7H2,1H3. The number of rotatable bonds is 4. The molecular formula is C13H15ClO6S. The maximum Gasteiger partial charge on any atom is 0.338 e. The topological polar surface area (TPSA) is 78.9 Å². The molecule has 0 aromatic heterocycles. The molecule has 1 aliphatic heterocycles. The number of benzene rings is 1. The molecule has 1 aliphatic rings. The van der Waals surface area contributed by atoms with E-state index in [0.717, 1.165) is 6.07 Å². The second-order valence-electron chi connectivity index (χ2n) is 4.52.